The second-order valence-corrected chi connectivity index (χ2v) is 3.42. The first-order valence-corrected chi connectivity index (χ1v) is 4.76. The van der Waals surface area contributed by atoms with Crippen LogP contribution < -0.4 is 10.9 Å². The molecule has 0 fully saturated rings. The summed E-state index contributed by atoms with van der Waals surface area (Å²) in [5.74, 6) is -0.457. The molecule has 0 atom stereocenters. The number of aromatic nitrogens is 1. The van der Waals surface area contributed by atoms with Crippen LogP contribution in [0.25, 0.3) is 0 Å². The average molecular weight is 245 g/mol. The minimum atomic E-state index is -0.457. The van der Waals surface area contributed by atoms with Gasteiger partial charge < -0.3 is 15.0 Å². The van der Waals surface area contributed by atoms with Gasteiger partial charge in [0, 0.05) is 36.8 Å². The molecule has 1 aromatic heterocycles. The maximum Gasteiger partial charge on any atom is 0.338 e. The Morgan fingerprint density at radius 3 is 2.94 bits per heavy atom. The van der Waals surface area contributed by atoms with Crippen LogP contribution in [0.3, 0.4) is 0 Å². The largest absolute Gasteiger partial charge is 0.465 e. The molecule has 6 heteroatoms. The second-order valence-electron chi connectivity index (χ2n) is 3.42. The van der Waals surface area contributed by atoms with E-state index in [0.29, 0.717) is 12.1 Å². The molecule has 2 N–H and O–H groups in total. The normalized spacial score (nSPS) is 13.6. The molecule has 1 aromatic rings. The molecule has 88 valence electrons. The monoisotopic (exact) mass is 244 g/mol. The molecule has 0 radical (unpaired) electrons. The van der Waals surface area contributed by atoms with Crippen LogP contribution in [-0.4, -0.2) is 24.6 Å². The van der Waals surface area contributed by atoms with Gasteiger partial charge in [0.2, 0.25) is 5.56 Å². The zero-order chi connectivity index (χ0) is 10.8. The van der Waals surface area contributed by atoms with Crippen molar-refractivity contribution in [2.75, 3.05) is 13.7 Å². The molecule has 1 aliphatic rings. The summed E-state index contributed by atoms with van der Waals surface area (Å²) in [4.78, 5) is 25.5. The Kier molecular flexibility index (Phi) is 4.09. The van der Waals surface area contributed by atoms with Crippen molar-refractivity contribution >= 4 is 18.4 Å². The van der Waals surface area contributed by atoms with E-state index in [4.69, 9.17) is 0 Å². The lowest BCUT2D eigenvalue weighted by Crippen LogP contribution is -2.29. The zero-order valence-electron chi connectivity index (χ0n) is 8.83. The first-order chi connectivity index (χ1) is 7.22. The maximum atomic E-state index is 11.4. The highest BCUT2D eigenvalue weighted by Crippen LogP contribution is 2.15. The average Bonchev–Trinajstić information content (AvgIpc) is 2.26. The third-order valence-corrected chi connectivity index (χ3v) is 2.50. The number of pyridine rings is 1. The fourth-order valence-electron chi connectivity index (χ4n) is 1.78. The van der Waals surface area contributed by atoms with Gasteiger partial charge in [-0.2, -0.15) is 0 Å². The van der Waals surface area contributed by atoms with Gasteiger partial charge in [0.25, 0.3) is 0 Å². The summed E-state index contributed by atoms with van der Waals surface area (Å²) in [6, 6.07) is 1.29. The number of carbonyl (C=O) groups is 1. The molecule has 1 aliphatic heterocycles. The molecule has 5 nitrogen and oxygen atoms in total. The van der Waals surface area contributed by atoms with Crippen molar-refractivity contribution in [3.8, 4) is 0 Å². The minimum Gasteiger partial charge on any atom is -0.465 e. The highest BCUT2D eigenvalue weighted by atomic mass is 35.5. The highest BCUT2D eigenvalue weighted by Gasteiger charge is 2.19. The van der Waals surface area contributed by atoms with Crippen molar-refractivity contribution in [1.29, 1.82) is 0 Å². The van der Waals surface area contributed by atoms with Crippen LogP contribution in [0.1, 0.15) is 21.6 Å². The van der Waals surface area contributed by atoms with Crippen molar-refractivity contribution in [1.82, 2.24) is 10.3 Å². The van der Waals surface area contributed by atoms with E-state index in [-0.39, 0.29) is 18.0 Å². The second kappa shape index (κ2) is 5.14. The number of H-pyrrole nitrogens is 1. The van der Waals surface area contributed by atoms with E-state index in [1.54, 1.807) is 0 Å². The van der Waals surface area contributed by atoms with Gasteiger partial charge >= 0.3 is 5.97 Å². The SMILES string of the molecule is COC(=O)c1cc(=O)[nH]c2c1CNCC2.Cl. The minimum absolute atomic E-state index is 0. The summed E-state index contributed by atoms with van der Waals surface area (Å²) in [7, 11) is 1.31. The number of aromatic amines is 1. The van der Waals surface area contributed by atoms with Gasteiger partial charge in [0.05, 0.1) is 12.7 Å². The number of halogens is 1. The number of esters is 1. The summed E-state index contributed by atoms with van der Waals surface area (Å²) < 4.78 is 4.64. The Labute approximate surface area is 98.6 Å². The van der Waals surface area contributed by atoms with Gasteiger partial charge in [-0.15, -0.1) is 12.4 Å². The Bertz CT molecular complexity index is 456. The first kappa shape index (κ1) is 12.7. The lowest BCUT2D eigenvalue weighted by atomic mass is 10.0. The predicted octanol–water partition coefficient (Wildman–Crippen LogP) is 0.229. The molecular weight excluding hydrogens is 232 g/mol. The van der Waals surface area contributed by atoms with Crippen LogP contribution in [-0.2, 0) is 17.7 Å². The first-order valence-electron chi connectivity index (χ1n) is 4.76. The lowest BCUT2D eigenvalue weighted by molar-refractivity contribution is 0.0598. The maximum absolute atomic E-state index is 11.4. The molecule has 0 saturated carbocycles. The number of hydrogen-bond donors (Lipinski definition) is 2. The molecule has 2 rings (SSSR count). The van der Waals surface area contributed by atoms with E-state index in [1.165, 1.54) is 13.2 Å². The molecule has 0 unspecified atom stereocenters. The number of methoxy groups -OCH3 is 1. The van der Waals surface area contributed by atoms with E-state index < -0.39 is 5.97 Å². The fraction of sp³-hybridized carbons (Fsp3) is 0.400. The van der Waals surface area contributed by atoms with Crippen molar-refractivity contribution < 1.29 is 9.53 Å². The number of carbonyl (C=O) groups excluding carboxylic acids is 1. The smallest absolute Gasteiger partial charge is 0.338 e. The number of ether oxygens (including phenoxy) is 1. The topological polar surface area (TPSA) is 71.2 Å². The number of rotatable bonds is 1. The molecule has 0 aromatic carbocycles. The molecule has 0 aliphatic carbocycles. The van der Waals surface area contributed by atoms with Crippen LogP contribution in [0.2, 0.25) is 0 Å². The molecule has 0 saturated heterocycles. The van der Waals surface area contributed by atoms with Crippen molar-refractivity contribution in [2.45, 2.75) is 13.0 Å². The Balaban J connectivity index is 0.00000128. The highest BCUT2D eigenvalue weighted by molar-refractivity contribution is 5.91. The van der Waals surface area contributed by atoms with E-state index in [2.05, 4.69) is 15.0 Å². The van der Waals surface area contributed by atoms with E-state index >= 15 is 0 Å². The molecule has 2 heterocycles. The summed E-state index contributed by atoms with van der Waals surface area (Å²) in [5, 5.41) is 3.15. The molecule has 0 amide bonds. The Morgan fingerprint density at radius 2 is 2.25 bits per heavy atom. The van der Waals surface area contributed by atoms with Crippen LogP contribution in [0.4, 0.5) is 0 Å². The van der Waals surface area contributed by atoms with Gasteiger partial charge in [-0.25, -0.2) is 4.79 Å². The third-order valence-electron chi connectivity index (χ3n) is 2.50. The van der Waals surface area contributed by atoms with Gasteiger partial charge in [0.15, 0.2) is 0 Å². The van der Waals surface area contributed by atoms with Crippen molar-refractivity contribution in [3.63, 3.8) is 0 Å². The Morgan fingerprint density at radius 1 is 1.50 bits per heavy atom. The van der Waals surface area contributed by atoms with Gasteiger partial charge in [0.1, 0.15) is 0 Å². The molecule has 0 bridgehead atoms. The number of nitrogens with one attached hydrogen (secondary N) is 2. The van der Waals surface area contributed by atoms with E-state index in [1.807, 2.05) is 0 Å². The van der Waals surface area contributed by atoms with Crippen LogP contribution in [0.5, 0.6) is 0 Å². The van der Waals surface area contributed by atoms with E-state index in [9.17, 15) is 9.59 Å². The Hall–Kier alpha value is -1.33. The molecule has 0 spiro atoms. The summed E-state index contributed by atoms with van der Waals surface area (Å²) >= 11 is 0. The van der Waals surface area contributed by atoms with Gasteiger partial charge in [-0.05, 0) is 0 Å². The zero-order valence-corrected chi connectivity index (χ0v) is 9.65. The molecule has 16 heavy (non-hydrogen) atoms. The summed E-state index contributed by atoms with van der Waals surface area (Å²) in [6.45, 7) is 1.41. The number of hydrogen-bond acceptors (Lipinski definition) is 4. The van der Waals surface area contributed by atoms with Gasteiger partial charge in [-0.3, -0.25) is 4.79 Å². The van der Waals surface area contributed by atoms with Crippen LogP contribution in [0.15, 0.2) is 10.9 Å². The van der Waals surface area contributed by atoms with Gasteiger partial charge in [-0.1, -0.05) is 0 Å². The van der Waals surface area contributed by atoms with Crippen LogP contribution in [0, 0.1) is 0 Å². The fourth-order valence-corrected chi connectivity index (χ4v) is 1.78. The summed E-state index contributed by atoms with van der Waals surface area (Å²) in [5.41, 5.74) is 1.79. The molecular formula is C10H13ClN2O3. The van der Waals surface area contributed by atoms with Crippen LogP contribution >= 0.6 is 12.4 Å². The van der Waals surface area contributed by atoms with Crippen molar-refractivity contribution in [3.05, 3.63) is 33.2 Å². The quantitative estimate of drug-likeness (QED) is 0.694. The standard InChI is InChI=1S/C10H12N2O3.ClH/c1-15-10(14)6-4-9(13)12-8-2-3-11-5-7(6)8;/h4,11H,2-3,5H2,1H3,(H,12,13);1H. The third kappa shape index (κ3) is 2.25. The predicted molar refractivity (Wildman–Crippen MR) is 61.1 cm³/mol. The van der Waals surface area contributed by atoms with E-state index in [0.717, 1.165) is 24.2 Å². The lowest BCUT2D eigenvalue weighted by Gasteiger charge is -2.18. The number of fused-ring (bicyclic) bond motifs is 1. The summed E-state index contributed by atoms with van der Waals surface area (Å²) in [6.07, 6.45) is 0.732. The van der Waals surface area contributed by atoms with Crippen molar-refractivity contribution in [2.24, 2.45) is 0 Å².